The Hall–Kier alpha value is -1.15. The van der Waals surface area contributed by atoms with Gasteiger partial charge in [0.25, 0.3) is 0 Å². The molecule has 1 aromatic heterocycles. The summed E-state index contributed by atoms with van der Waals surface area (Å²) in [6, 6.07) is 4.06. The van der Waals surface area contributed by atoms with Crippen LogP contribution in [0.4, 0.5) is 0 Å². The van der Waals surface area contributed by atoms with Crippen LogP contribution in [-0.2, 0) is 6.42 Å². The van der Waals surface area contributed by atoms with Crippen molar-refractivity contribution in [2.45, 2.75) is 12.8 Å². The fourth-order valence-corrected chi connectivity index (χ4v) is 1.08. The van der Waals surface area contributed by atoms with Gasteiger partial charge in [-0.2, -0.15) is 0 Å². The average molecular weight is 176 g/mol. The zero-order valence-corrected chi connectivity index (χ0v) is 8.03. The molecule has 0 amide bonds. The van der Waals surface area contributed by atoms with Crippen LogP contribution in [0.25, 0.3) is 0 Å². The summed E-state index contributed by atoms with van der Waals surface area (Å²) in [5.41, 5.74) is 1.27. The zero-order chi connectivity index (χ0) is 9.36. The minimum absolute atomic E-state index is 0.984. The second-order valence-corrected chi connectivity index (χ2v) is 2.93. The van der Waals surface area contributed by atoms with E-state index in [1.807, 2.05) is 19.3 Å². The van der Waals surface area contributed by atoms with Gasteiger partial charge in [0, 0.05) is 12.4 Å². The van der Waals surface area contributed by atoms with Crippen molar-refractivity contribution in [3.63, 3.8) is 0 Å². The van der Waals surface area contributed by atoms with E-state index in [2.05, 4.69) is 28.5 Å². The standard InChI is InChI=1S/C11H16N2/c1-12-8-4-2-3-6-11-7-5-9-13-10-11/h2-3,5,7,9-10,12H,4,6,8H2,1H3/b3-2+. The normalized spacial score (nSPS) is 10.8. The first kappa shape index (κ1) is 9.93. The summed E-state index contributed by atoms with van der Waals surface area (Å²) in [5, 5.41) is 3.10. The van der Waals surface area contributed by atoms with Gasteiger partial charge >= 0.3 is 0 Å². The molecule has 13 heavy (non-hydrogen) atoms. The first-order valence-corrected chi connectivity index (χ1v) is 4.62. The highest BCUT2D eigenvalue weighted by Crippen LogP contribution is 1.97. The number of nitrogens with one attached hydrogen (secondary N) is 1. The number of pyridine rings is 1. The van der Waals surface area contributed by atoms with E-state index in [9.17, 15) is 0 Å². The Morgan fingerprint density at radius 3 is 3.08 bits per heavy atom. The number of hydrogen-bond donors (Lipinski definition) is 1. The molecule has 0 unspecified atom stereocenters. The Balaban J connectivity index is 2.23. The summed E-state index contributed by atoms with van der Waals surface area (Å²) in [6.45, 7) is 1.05. The van der Waals surface area contributed by atoms with Crippen LogP contribution in [0.2, 0.25) is 0 Å². The molecule has 0 fully saturated rings. The van der Waals surface area contributed by atoms with Gasteiger partial charge in [0.1, 0.15) is 0 Å². The van der Waals surface area contributed by atoms with Gasteiger partial charge in [-0.05, 0) is 38.1 Å². The Morgan fingerprint density at radius 2 is 2.38 bits per heavy atom. The van der Waals surface area contributed by atoms with Crippen LogP contribution in [0.1, 0.15) is 12.0 Å². The van der Waals surface area contributed by atoms with Gasteiger partial charge in [0.15, 0.2) is 0 Å². The molecule has 0 aromatic carbocycles. The van der Waals surface area contributed by atoms with Crippen molar-refractivity contribution in [3.05, 3.63) is 42.2 Å². The van der Waals surface area contributed by atoms with E-state index in [-0.39, 0.29) is 0 Å². The first-order chi connectivity index (χ1) is 6.43. The maximum atomic E-state index is 4.05. The molecule has 0 aliphatic rings. The molecule has 1 heterocycles. The quantitative estimate of drug-likeness (QED) is 0.546. The van der Waals surface area contributed by atoms with Crippen molar-refractivity contribution in [1.82, 2.24) is 10.3 Å². The van der Waals surface area contributed by atoms with E-state index in [1.54, 1.807) is 6.20 Å². The summed E-state index contributed by atoms with van der Waals surface area (Å²) in [6.07, 6.45) is 10.2. The highest BCUT2D eigenvalue weighted by molar-refractivity contribution is 5.12. The molecular weight excluding hydrogens is 160 g/mol. The molecule has 1 rings (SSSR count). The van der Waals surface area contributed by atoms with Crippen LogP contribution in [0.3, 0.4) is 0 Å². The third-order valence-electron chi connectivity index (χ3n) is 1.80. The molecule has 0 aliphatic heterocycles. The maximum absolute atomic E-state index is 4.05. The third kappa shape index (κ3) is 4.43. The van der Waals surface area contributed by atoms with Gasteiger partial charge in [-0.25, -0.2) is 0 Å². The number of nitrogens with zero attached hydrogens (tertiary/aromatic N) is 1. The lowest BCUT2D eigenvalue weighted by Crippen LogP contribution is -2.05. The van der Waals surface area contributed by atoms with Gasteiger partial charge in [0.2, 0.25) is 0 Å². The van der Waals surface area contributed by atoms with Crippen LogP contribution >= 0.6 is 0 Å². The van der Waals surface area contributed by atoms with E-state index in [4.69, 9.17) is 0 Å². The summed E-state index contributed by atoms with van der Waals surface area (Å²) in [5.74, 6) is 0. The van der Waals surface area contributed by atoms with Crippen LogP contribution < -0.4 is 5.32 Å². The molecule has 0 saturated heterocycles. The summed E-state index contributed by atoms with van der Waals surface area (Å²) in [4.78, 5) is 4.05. The summed E-state index contributed by atoms with van der Waals surface area (Å²) < 4.78 is 0. The third-order valence-corrected chi connectivity index (χ3v) is 1.80. The van der Waals surface area contributed by atoms with Crippen molar-refractivity contribution in [3.8, 4) is 0 Å². The predicted octanol–water partition coefficient (Wildman–Crippen LogP) is 1.79. The Kier molecular flexibility index (Phi) is 4.87. The smallest absolute Gasteiger partial charge is 0.0303 e. The van der Waals surface area contributed by atoms with Crippen LogP contribution in [-0.4, -0.2) is 18.6 Å². The van der Waals surface area contributed by atoms with Crippen LogP contribution in [0.15, 0.2) is 36.7 Å². The molecule has 0 radical (unpaired) electrons. The summed E-state index contributed by atoms with van der Waals surface area (Å²) >= 11 is 0. The molecule has 2 nitrogen and oxygen atoms in total. The monoisotopic (exact) mass is 176 g/mol. The first-order valence-electron chi connectivity index (χ1n) is 4.62. The summed E-state index contributed by atoms with van der Waals surface area (Å²) in [7, 11) is 1.97. The lowest BCUT2D eigenvalue weighted by Gasteiger charge is -1.94. The maximum Gasteiger partial charge on any atom is 0.0303 e. The van der Waals surface area contributed by atoms with Crippen molar-refractivity contribution in [1.29, 1.82) is 0 Å². The Bertz CT molecular complexity index is 242. The van der Waals surface area contributed by atoms with E-state index in [0.717, 1.165) is 19.4 Å². The van der Waals surface area contributed by atoms with Crippen molar-refractivity contribution >= 4 is 0 Å². The molecule has 70 valence electrons. The highest BCUT2D eigenvalue weighted by Gasteiger charge is 1.85. The van der Waals surface area contributed by atoms with Gasteiger partial charge in [-0.1, -0.05) is 18.2 Å². The number of allylic oxidation sites excluding steroid dienone is 1. The topological polar surface area (TPSA) is 24.9 Å². The fraction of sp³-hybridized carbons (Fsp3) is 0.364. The second-order valence-electron chi connectivity index (χ2n) is 2.93. The van der Waals surface area contributed by atoms with E-state index in [0.29, 0.717) is 0 Å². The minimum atomic E-state index is 0.984. The Labute approximate surface area is 79.7 Å². The molecule has 0 spiro atoms. The average Bonchev–Trinajstić information content (AvgIpc) is 2.19. The number of rotatable bonds is 5. The highest BCUT2D eigenvalue weighted by atomic mass is 14.8. The SMILES string of the molecule is CNCC/C=C/Cc1cccnc1. The lowest BCUT2D eigenvalue weighted by molar-refractivity contribution is 0.806. The second kappa shape index (κ2) is 6.38. The molecule has 0 bridgehead atoms. The Morgan fingerprint density at radius 1 is 1.46 bits per heavy atom. The lowest BCUT2D eigenvalue weighted by atomic mass is 10.2. The molecular formula is C11H16N2. The van der Waals surface area contributed by atoms with E-state index < -0.39 is 0 Å². The van der Waals surface area contributed by atoms with Crippen molar-refractivity contribution in [2.75, 3.05) is 13.6 Å². The molecule has 1 aromatic rings. The van der Waals surface area contributed by atoms with Crippen LogP contribution in [0.5, 0.6) is 0 Å². The largest absolute Gasteiger partial charge is 0.319 e. The molecule has 2 heteroatoms. The van der Waals surface area contributed by atoms with Crippen LogP contribution in [0, 0.1) is 0 Å². The molecule has 0 atom stereocenters. The van der Waals surface area contributed by atoms with Crippen molar-refractivity contribution in [2.24, 2.45) is 0 Å². The molecule has 1 N–H and O–H groups in total. The van der Waals surface area contributed by atoms with Gasteiger partial charge in [0.05, 0.1) is 0 Å². The predicted molar refractivity (Wildman–Crippen MR) is 55.6 cm³/mol. The number of aromatic nitrogens is 1. The van der Waals surface area contributed by atoms with E-state index >= 15 is 0 Å². The number of hydrogen-bond acceptors (Lipinski definition) is 2. The molecule has 0 aliphatic carbocycles. The fourth-order valence-electron chi connectivity index (χ4n) is 1.08. The van der Waals surface area contributed by atoms with Gasteiger partial charge < -0.3 is 5.32 Å². The van der Waals surface area contributed by atoms with Gasteiger partial charge in [-0.15, -0.1) is 0 Å². The van der Waals surface area contributed by atoms with Gasteiger partial charge in [-0.3, -0.25) is 4.98 Å². The zero-order valence-electron chi connectivity index (χ0n) is 8.03. The minimum Gasteiger partial charge on any atom is -0.319 e. The van der Waals surface area contributed by atoms with E-state index in [1.165, 1.54) is 5.56 Å². The molecule has 0 saturated carbocycles. The van der Waals surface area contributed by atoms with Crippen molar-refractivity contribution < 1.29 is 0 Å².